The van der Waals surface area contributed by atoms with Crippen molar-refractivity contribution in [1.29, 1.82) is 0 Å². The molecule has 6 heteroatoms. The number of hydrogen-bond donors (Lipinski definition) is 0. The molecule has 0 saturated heterocycles. The second-order valence-corrected chi connectivity index (χ2v) is 5.21. The van der Waals surface area contributed by atoms with Crippen molar-refractivity contribution >= 4 is 51.4 Å². The summed E-state index contributed by atoms with van der Waals surface area (Å²) in [6, 6.07) is 0. The molecule has 0 fully saturated rings. The fraction of sp³-hybridized carbons (Fsp3) is 0.333. The van der Waals surface area contributed by atoms with Crippen LogP contribution in [0.4, 0.5) is 0 Å². The quantitative estimate of drug-likeness (QED) is 0.396. The zero-order valence-electron chi connectivity index (χ0n) is 6.25. The van der Waals surface area contributed by atoms with Crippen molar-refractivity contribution in [3.63, 3.8) is 0 Å². The minimum Gasteiger partial charge on any atom is -1.00 e. The van der Waals surface area contributed by atoms with Gasteiger partial charge < -0.3 is 24.0 Å². The lowest BCUT2D eigenvalue weighted by Gasteiger charge is -1.79. The van der Waals surface area contributed by atoms with Gasteiger partial charge in [-0.25, -0.2) is 0 Å². The minimum atomic E-state index is 0. The second-order valence-electron chi connectivity index (χ2n) is 2.19. The first-order valence-electron chi connectivity index (χ1n) is 3.13. The average Bonchev–Trinajstić information content (AvgIpc) is 2.45. The summed E-state index contributed by atoms with van der Waals surface area (Å²) in [5.41, 5.74) is 1.30. The summed E-state index contributed by atoms with van der Waals surface area (Å²) in [5, 5.41) is 5.53. The van der Waals surface area contributed by atoms with Crippen LogP contribution < -0.4 is 28.7 Å². The topological polar surface area (TPSA) is 16.8 Å². The van der Waals surface area contributed by atoms with Gasteiger partial charge in [-0.1, -0.05) is 0 Å². The number of hydrogen-bond acceptors (Lipinski definition) is 3. The Kier molecular flexibility index (Phi) is 4.25. The van der Waals surface area contributed by atoms with Gasteiger partial charge in [0.1, 0.15) is 0 Å². The Labute approximate surface area is 110 Å². The number of halogens is 2. The molecule has 0 aromatic carbocycles. The fourth-order valence-electron chi connectivity index (χ4n) is 0.918. The van der Waals surface area contributed by atoms with Crippen molar-refractivity contribution in [1.82, 2.24) is 5.10 Å². The van der Waals surface area contributed by atoms with E-state index in [4.69, 9.17) is 0 Å². The number of aryl methyl sites for hydroxylation is 1. The largest absolute Gasteiger partial charge is 1.00 e. The summed E-state index contributed by atoms with van der Waals surface area (Å²) >= 11 is 5.90. The molecular formula is C6H6I2N2S2. The van der Waals surface area contributed by atoms with Gasteiger partial charge in [-0.3, -0.25) is 0 Å². The zero-order chi connectivity index (χ0) is 7.84. The molecule has 2 heterocycles. The lowest BCUT2D eigenvalue weighted by atomic mass is 10.6. The highest BCUT2D eigenvalue weighted by atomic mass is 127. The van der Waals surface area contributed by atoms with Crippen LogP contribution in [0.3, 0.4) is 0 Å². The molecule has 2 nitrogen and oxygen atoms in total. The maximum atomic E-state index is 4.38. The van der Waals surface area contributed by atoms with E-state index in [1.807, 2.05) is 23.4 Å². The van der Waals surface area contributed by atoms with Gasteiger partial charge in [-0.15, -0.1) is 0 Å². The third-order valence-corrected chi connectivity index (χ3v) is 4.30. The van der Waals surface area contributed by atoms with Crippen molar-refractivity contribution in [3.8, 4) is 0 Å². The van der Waals surface area contributed by atoms with Crippen molar-refractivity contribution in [2.45, 2.75) is 11.3 Å². The molecule has 66 valence electrons. The molecule has 0 amide bonds. The Morgan fingerprint density at radius 1 is 1.67 bits per heavy atom. The summed E-state index contributed by atoms with van der Waals surface area (Å²) in [4.78, 5) is 0. The first-order valence-corrected chi connectivity index (χ1v) is 6.18. The van der Waals surface area contributed by atoms with E-state index in [-0.39, 0.29) is 24.0 Å². The molecule has 0 N–H and O–H groups in total. The van der Waals surface area contributed by atoms with E-state index >= 15 is 0 Å². The highest BCUT2D eigenvalue weighted by Crippen LogP contribution is 2.29. The maximum absolute atomic E-state index is 4.38. The lowest BCUT2D eigenvalue weighted by Crippen LogP contribution is -3.00. The van der Waals surface area contributed by atoms with Gasteiger partial charge in [-0.2, -0.15) is 0 Å². The standard InChI is InChI=1S/C6H6IN2S2.HI/c1-4-8-9-5(2-7)3-10-6(9)11-4;/h2H,3H2,1H3;1H/q+1;/p-1. The molecule has 0 atom stereocenters. The van der Waals surface area contributed by atoms with Gasteiger partial charge >= 0.3 is 4.34 Å². The lowest BCUT2D eigenvalue weighted by molar-refractivity contribution is -0.672. The van der Waals surface area contributed by atoms with Crippen LogP contribution in [-0.2, 0) is 0 Å². The van der Waals surface area contributed by atoms with Gasteiger partial charge in [0.15, 0.2) is 5.01 Å². The highest BCUT2D eigenvalue weighted by Gasteiger charge is 2.30. The number of thioether (sulfide) groups is 1. The van der Waals surface area contributed by atoms with Gasteiger partial charge in [0.05, 0.1) is 5.75 Å². The Morgan fingerprint density at radius 3 is 3.08 bits per heavy atom. The predicted octanol–water partition coefficient (Wildman–Crippen LogP) is -0.918. The van der Waals surface area contributed by atoms with E-state index in [0.29, 0.717) is 0 Å². The molecule has 1 aromatic heterocycles. The van der Waals surface area contributed by atoms with Crippen LogP contribution in [0.15, 0.2) is 8.42 Å². The van der Waals surface area contributed by atoms with Crippen LogP contribution in [0.25, 0.3) is 5.70 Å². The van der Waals surface area contributed by atoms with Gasteiger partial charge in [0, 0.05) is 9.18 Å². The maximum Gasteiger partial charge on any atom is 0.331 e. The molecular weight excluding hydrogens is 418 g/mol. The van der Waals surface area contributed by atoms with E-state index in [1.165, 1.54) is 10.0 Å². The Bertz CT molecular complexity index is 321. The van der Waals surface area contributed by atoms with Gasteiger partial charge in [-0.05, 0) is 57.3 Å². The first-order chi connectivity index (χ1) is 5.31. The number of rotatable bonds is 0. The van der Waals surface area contributed by atoms with Crippen LogP contribution in [0.1, 0.15) is 5.01 Å². The third-order valence-electron chi connectivity index (χ3n) is 1.39. The van der Waals surface area contributed by atoms with E-state index in [1.54, 1.807) is 11.3 Å². The van der Waals surface area contributed by atoms with E-state index in [0.717, 1.165) is 10.8 Å². The molecule has 0 spiro atoms. The van der Waals surface area contributed by atoms with Crippen molar-refractivity contribution in [2.75, 3.05) is 5.75 Å². The summed E-state index contributed by atoms with van der Waals surface area (Å²) < 4.78 is 5.45. The fourth-order valence-corrected chi connectivity index (χ4v) is 3.85. The number of fused-ring (bicyclic) bond motifs is 1. The van der Waals surface area contributed by atoms with Crippen LogP contribution >= 0.6 is 45.7 Å². The summed E-state index contributed by atoms with van der Waals surface area (Å²) in [6.45, 7) is 2.04. The molecule has 0 aliphatic carbocycles. The normalized spacial score (nSPS) is 17.7. The predicted molar refractivity (Wildman–Crippen MR) is 56.1 cm³/mol. The molecule has 1 aliphatic rings. The van der Waals surface area contributed by atoms with Crippen LogP contribution in [0.2, 0.25) is 0 Å². The first kappa shape index (κ1) is 11.2. The van der Waals surface area contributed by atoms with Crippen LogP contribution in [-0.4, -0.2) is 10.9 Å². The monoisotopic (exact) mass is 424 g/mol. The zero-order valence-corrected chi connectivity index (χ0v) is 12.2. The number of nitrogens with zero attached hydrogens (tertiary/aromatic N) is 2. The van der Waals surface area contributed by atoms with Crippen molar-refractivity contribution in [3.05, 3.63) is 9.09 Å². The Hall–Kier alpha value is 1.11. The highest BCUT2D eigenvalue weighted by molar-refractivity contribution is 14.1. The van der Waals surface area contributed by atoms with Crippen molar-refractivity contribution in [2.24, 2.45) is 0 Å². The molecule has 0 unspecified atom stereocenters. The molecule has 2 rings (SSSR count). The van der Waals surface area contributed by atoms with Crippen LogP contribution in [0.5, 0.6) is 0 Å². The smallest absolute Gasteiger partial charge is 0.331 e. The van der Waals surface area contributed by atoms with E-state index < -0.39 is 0 Å². The van der Waals surface area contributed by atoms with Crippen LogP contribution in [0, 0.1) is 6.92 Å². The molecule has 12 heavy (non-hydrogen) atoms. The Balaban J connectivity index is 0.000000720. The summed E-state index contributed by atoms with van der Waals surface area (Å²) in [7, 11) is 0. The number of aromatic nitrogens is 2. The third kappa shape index (κ3) is 1.95. The van der Waals surface area contributed by atoms with Gasteiger partial charge in [0.25, 0.3) is 0 Å². The van der Waals surface area contributed by atoms with E-state index in [2.05, 4.69) is 31.8 Å². The Morgan fingerprint density at radius 2 is 2.42 bits per heavy atom. The molecule has 0 saturated carbocycles. The summed E-state index contributed by atoms with van der Waals surface area (Å²) in [5.74, 6) is 1.07. The molecule has 1 aromatic rings. The summed E-state index contributed by atoms with van der Waals surface area (Å²) in [6.07, 6.45) is 0. The van der Waals surface area contributed by atoms with E-state index in [9.17, 15) is 0 Å². The molecule has 1 aliphatic heterocycles. The molecule has 0 radical (unpaired) electrons. The minimum absolute atomic E-state index is 0. The van der Waals surface area contributed by atoms with Gasteiger partial charge in [0.2, 0.25) is 5.70 Å². The van der Waals surface area contributed by atoms with Crippen molar-refractivity contribution < 1.29 is 28.7 Å². The molecule has 0 bridgehead atoms. The average molecular weight is 424 g/mol. The second kappa shape index (κ2) is 4.56. The SMILES string of the molecule is Cc1n[n+]2c(s1)SCC2=CI.[I-].